The quantitative estimate of drug-likeness (QED) is 0.590. The lowest BCUT2D eigenvalue weighted by molar-refractivity contribution is 0.0757. The van der Waals surface area contributed by atoms with E-state index in [4.69, 9.17) is 9.47 Å². The largest absolute Gasteiger partial charge is 0.491 e. The Labute approximate surface area is 178 Å². The van der Waals surface area contributed by atoms with Crippen LogP contribution in [0, 0.1) is 12.7 Å². The Morgan fingerprint density at radius 3 is 2.67 bits per heavy atom. The summed E-state index contributed by atoms with van der Waals surface area (Å²) in [4.78, 5) is 2.42. The molecule has 156 valence electrons. The summed E-state index contributed by atoms with van der Waals surface area (Å²) in [6.45, 7) is 6.34. The molecule has 30 heavy (non-hydrogen) atoms. The van der Waals surface area contributed by atoms with Crippen LogP contribution in [-0.2, 0) is 24.2 Å². The number of fused-ring (bicyclic) bond motifs is 3. The molecular weight excluding hydrogens is 377 g/mol. The molecule has 0 spiro atoms. The smallest absolute Gasteiger partial charge is 0.123 e. The third-order valence-corrected chi connectivity index (χ3v) is 5.51. The van der Waals surface area contributed by atoms with E-state index < -0.39 is 0 Å². The minimum Gasteiger partial charge on any atom is -0.491 e. The molecule has 0 saturated heterocycles. The molecule has 2 bridgehead atoms. The average Bonchev–Trinajstić information content (AvgIpc) is 2.73. The standard InChI is InChI=1S/C26H28FNO2/c1-20-5-2-3-8-23(20)19-28-11-12-29-13-14-30-26-10-9-25(27)17-24(26)16-21-6-4-7-22(15-21)18-28/h2-10,15,17H,11-14,16,18-19H2,1H3. The summed E-state index contributed by atoms with van der Waals surface area (Å²) >= 11 is 0. The van der Waals surface area contributed by atoms with Crippen molar-refractivity contribution in [1.82, 2.24) is 4.90 Å². The number of hydrogen-bond donors (Lipinski definition) is 0. The third-order valence-electron chi connectivity index (χ3n) is 5.51. The molecule has 3 aromatic carbocycles. The van der Waals surface area contributed by atoms with E-state index in [1.165, 1.54) is 22.8 Å². The second-order valence-electron chi connectivity index (χ2n) is 7.85. The fraction of sp³-hybridized carbons (Fsp3) is 0.308. The number of benzene rings is 3. The Hall–Kier alpha value is -2.69. The Morgan fingerprint density at radius 2 is 1.77 bits per heavy atom. The molecule has 0 aliphatic carbocycles. The summed E-state index contributed by atoms with van der Waals surface area (Å²) in [5, 5.41) is 0. The van der Waals surface area contributed by atoms with Crippen LogP contribution in [0.5, 0.6) is 5.75 Å². The minimum atomic E-state index is -0.240. The van der Waals surface area contributed by atoms with Crippen LogP contribution in [0.1, 0.15) is 27.8 Å². The van der Waals surface area contributed by atoms with Crippen molar-refractivity contribution in [2.75, 3.05) is 26.4 Å². The van der Waals surface area contributed by atoms with Gasteiger partial charge in [0.15, 0.2) is 0 Å². The molecule has 3 nitrogen and oxygen atoms in total. The van der Waals surface area contributed by atoms with Crippen molar-refractivity contribution in [3.05, 3.63) is 100 Å². The zero-order valence-corrected chi connectivity index (χ0v) is 17.4. The van der Waals surface area contributed by atoms with Gasteiger partial charge in [0.1, 0.15) is 18.2 Å². The van der Waals surface area contributed by atoms with E-state index in [0.717, 1.165) is 36.5 Å². The molecular formula is C26H28FNO2. The van der Waals surface area contributed by atoms with Gasteiger partial charge in [-0.3, -0.25) is 4.90 Å². The average molecular weight is 406 g/mol. The lowest BCUT2D eigenvalue weighted by atomic mass is 10.0. The molecule has 1 aliphatic rings. The van der Waals surface area contributed by atoms with Gasteiger partial charge in [-0.15, -0.1) is 0 Å². The molecule has 0 fully saturated rings. The van der Waals surface area contributed by atoms with Crippen molar-refractivity contribution < 1.29 is 13.9 Å². The maximum Gasteiger partial charge on any atom is 0.123 e. The van der Waals surface area contributed by atoms with E-state index in [9.17, 15) is 4.39 Å². The van der Waals surface area contributed by atoms with Crippen LogP contribution in [-0.4, -0.2) is 31.3 Å². The third kappa shape index (κ3) is 5.47. The number of hydrogen-bond acceptors (Lipinski definition) is 3. The highest BCUT2D eigenvalue weighted by Gasteiger charge is 2.12. The first-order valence-corrected chi connectivity index (χ1v) is 10.5. The molecule has 0 N–H and O–H groups in total. The van der Waals surface area contributed by atoms with Crippen molar-refractivity contribution in [3.8, 4) is 5.75 Å². The van der Waals surface area contributed by atoms with Crippen molar-refractivity contribution in [3.63, 3.8) is 0 Å². The minimum absolute atomic E-state index is 0.240. The molecule has 0 saturated carbocycles. The summed E-state index contributed by atoms with van der Waals surface area (Å²) in [5.74, 6) is 0.485. The normalized spacial score (nSPS) is 15.7. The van der Waals surface area contributed by atoms with Crippen LogP contribution in [0.2, 0.25) is 0 Å². The van der Waals surface area contributed by atoms with Gasteiger partial charge >= 0.3 is 0 Å². The predicted octanol–water partition coefficient (Wildman–Crippen LogP) is 5.14. The second kappa shape index (κ2) is 9.88. The summed E-state index contributed by atoms with van der Waals surface area (Å²) < 4.78 is 25.6. The van der Waals surface area contributed by atoms with Crippen molar-refractivity contribution >= 4 is 0 Å². The first-order chi connectivity index (χ1) is 14.7. The fourth-order valence-electron chi connectivity index (χ4n) is 3.89. The van der Waals surface area contributed by atoms with Gasteiger partial charge in [0, 0.05) is 31.6 Å². The van der Waals surface area contributed by atoms with Crippen molar-refractivity contribution in [2.45, 2.75) is 26.4 Å². The Bertz CT molecular complexity index is 988. The first-order valence-electron chi connectivity index (χ1n) is 10.5. The van der Waals surface area contributed by atoms with Crippen molar-refractivity contribution in [2.24, 2.45) is 0 Å². The van der Waals surface area contributed by atoms with Gasteiger partial charge in [-0.2, -0.15) is 0 Å². The SMILES string of the molecule is Cc1ccccc1CN1CCOCCOc2ccc(F)cc2Cc2cccc(c2)C1. The van der Waals surface area contributed by atoms with E-state index in [-0.39, 0.29) is 5.82 Å². The molecule has 0 unspecified atom stereocenters. The summed E-state index contributed by atoms with van der Waals surface area (Å²) in [5.41, 5.74) is 5.91. The van der Waals surface area contributed by atoms with Gasteiger partial charge in [-0.1, -0.05) is 48.5 Å². The van der Waals surface area contributed by atoms with E-state index in [1.807, 2.05) is 0 Å². The molecule has 1 heterocycles. The molecule has 0 amide bonds. The zero-order chi connectivity index (χ0) is 20.8. The Kier molecular flexibility index (Phi) is 6.77. The fourth-order valence-corrected chi connectivity index (χ4v) is 3.89. The first kappa shape index (κ1) is 20.6. The van der Waals surface area contributed by atoms with Gasteiger partial charge in [0.25, 0.3) is 0 Å². The second-order valence-corrected chi connectivity index (χ2v) is 7.85. The van der Waals surface area contributed by atoms with Gasteiger partial charge in [0.05, 0.1) is 13.2 Å². The van der Waals surface area contributed by atoms with E-state index in [0.29, 0.717) is 26.2 Å². The molecule has 0 atom stereocenters. The molecule has 0 aromatic heterocycles. The Morgan fingerprint density at radius 1 is 0.900 bits per heavy atom. The maximum atomic E-state index is 13.9. The van der Waals surface area contributed by atoms with Crippen LogP contribution < -0.4 is 4.74 Å². The van der Waals surface area contributed by atoms with E-state index in [1.54, 1.807) is 12.1 Å². The molecule has 4 rings (SSSR count). The summed E-state index contributed by atoms with van der Waals surface area (Å²) in [7, 11) is 0. The van der Waals surface area contributed by atoms with Gasteiger partial charge in [-0.25, -0.2) is 4.39 Å². The molecule has 1 aliphatic heterocycles. The predicted molar refractivity (Wildman–Crippen MR) is 117 cm³/mol. The topological polar surface area (TPSA) is 21.7 Å². The zero-order valence-electron chi connectivity index (χ0n) is 17.4. The van der Waals surface area contributed by atoms with Crippen molar-refractivity contribution in [1.29, 1.82) is 0 Å². The highest BCUT2D eigenvalue weighted by molar-refractivity contribution is 5.39. The highest BCUT2D eigenvalue weighted by Crippen LogP contribution is 2.24. The summed E-state index contributed by atoms with van der Waals surface area (Å²) in [6, 6.07) is 21.8. The molecule has 3 aromatic rings. The highest BCUT2D eigenvalue weighted by atomic mass is 19.1. The number of nitrogens with zero attached hydrogens (tertiary/aromatic N) is 1. The van der Waals surface area contributed by atoms with Crippen LogP contribution in [0.3, 0.4) is 0 Å². The van der Waals surface area contributed by atoms with Gasteiger partial charge < -0.3 is 9.47 Å². The molecule has 0 radical (unpaired) electrons. The monoisotopic (exact) mass is 405 g/mol. The summed E-state index contributed by atoms with van der Waals surface area (Å²) in [6.07, 6.45) is 0.638. The van der Waals surface area contributed by atoms with Crippen LogP contribution >= 0.6 is 0 Å². The lowest BCUT2D eigenvalue weighted by Crippen LogP contribution is -2.28. The number of halogens is 1. The number of aryl methyl sites for hydroxylation is 1. The number of rotatable bonds is 2. The lowest BCUT2D eigenvalue weighted by Gasteiger charge is -2.24. The maximum absolute atomic E-state index is 13.9. The number of ether oxygens (including phenoxy) is 2. The Balaban J connectivity index is 1.59. The van der Waals surface area contributed by atoms with Gasteiger partial charge in [0.2, 0.25) is 0 Å². The molecule has 4 heteroatoms. The van der Waals surface area contributed by atoms with Crippen LogP contribution in [0.4, 0.5) is 4.39 Å². The van der Waals surface area contributed by atoms with Crippen LogP contribution in [0.25, 0.3) is 0 Å². The van der Waals surface area contributed by atoms with E-state index in [2.05, 4.69) is 60.4 Å². The van der Waals surface area contributed by atoms with Gasteiger partial charge in [-0.05, 0) is 47.4 Å². The van der Waals surface area contributed by atoms with E-state index >= 15 is 0 Å². The van der Waals surface area contributed by atoms with Crippen LogP contribution in [0.15, 0.2) is 66.7 Å².